The molecule has 2 heterocycles. The number of carbonyl (C=O) groups excluding carboxylic acids is 1. The number of benzene rings is 2. The molecule has 2 aromatic heterocycles. The van der Waals surface area contributed by atoms with Crippen LogP contribution in [0.1, 0.15) is 17.3 Å². The molecule has 0 aliphatic carbocycles. The van der Waals surface area contributed by atoms with Crippen molar-refractivity contribution in [1.29, 1.82) is 0 Å². The van der Waals surface area contributed by atoms with Crippen molar-refractivity contribution in [2.45, 2.75) is 6.92 Å². The summed E-state index contributed by atoms with van der Waals surface area (Å²) in [6.45, 7) is 2.34. The minimum atomic E-state index is -0.991. The highest BCUT2D eigenvalue weighted by molar-refractivity contribution is 6.05. The van der Waals surface area contributed by atoms with Gasteiger partial charge in [0.1, 0.15) is 5.82 Å². The maximum absolute atomic E-state index is 12.0. The van der Waals surface area contributed by atoms with Gasteiger partial charge < -0.3 is 15.7 Å². The maximum Gasteiger partial charge on any atom is 0.335 e. The second kappa shape index (κ2) is 9.13. The lowest BCUT2D eigenvalue weighted by atomic mass is 9.98. The van der Waals surface area contributed by atoms with Crippen LogP contribution < -0.4 is 16.0 Å². The van der Waals surface area contributed by atoms with Crippen molar-refractivity contribution in [1.82, 2.24) is 15.3 Å². The van der Waals surface area contributed by atoms with Crippen molar-refractivity contribution in [2.24, 2.45) is 0 Å². The number of amides is 2. The van der Waals surface area contributed by atoms with Crippen molar-refractivity contribution in [2.75, 3.05) is 17.2 Å². The van der Waals surface area contributed by atoms with Gasteiger partial charge in [0.15, 0.2) is 0 Å². The molecule has 8 nitrogen and oxygen atoms in total. The summed E-state index contributed by atoms with van der Waals surface area (Å²) in [6.07, 6.45) is 5.13. The Kier molecular flexibility index (Phi) is 5.94. The predicted molar refractivity (Wildman–Crippen MR) is 124 cm³/mol. The van der Waals surface area contributed by atoms with Gasteiger partial charge in [-0.3, -0.25) is 10.3 Å². The number of carboxylic acids is 1. The molecule has 8 heteroatoms. The first-order chi connectivity index (χ1) is 15.5. The van der Waals surface area contributed by atoms with E-state index in [4.69, 9.17) is 0 Å². The number of carbonyl (C=O) groups is 2. The molecule has 0 saturated heterocycles. The Labute approximate surface area is 184 Å². The molecule has 0 spiro atoms. The average Bonchev–Trinajstić information content (AvgIpc) is 2.80. The largest absolute Gasteiger partial charge is 0.478 e. The Hall–Kier alpha value is -4.46. The van der Waals surface area contributed by atoms with Crippen LogP contribution in [0.25, 0.3) is 21.9 Å². The second-order valence-electron chi connectivity index (χ2n) is 7.01. The van der Waals surface area contributed by atoms with E-state index in [0.29, 0.717) is 18.1 Å². The highest BCUT2D eigenvalue weighted by atomic mass is 16.4. The third-order valence-electron chi connectivity index (χ3n) is 4.86. The Balaban J connectivity index is 1.80. The third kappa shape index (κ3) is 4.49. The van der Waals surface area contributed by atoms with E-state index < -0.39 is 5.97 Å². The van der Waals surface area contributed by atoms with Crippen molar-refractivity contribution < 1.29 is 14.7 Å². The SMILES string of the molecule is CCNC(=O)Nc1cc2c(-c3ccncc3)ccc(Nc3cccc(C(=O)O)c3)c2cn1. The minimum Gasteiger partial charge on any atom is -0.478 e. The van der Waals surface area contributed by atoms with Crippen molar-refractivity contribution in [3.05, 3.63) is 78.8 Å². The number of hydrogen-bond donors (Lipinski definition) is 4. The van der Waals surface area contributed by atoms with Gasteiger partial charge in [-0.25, -0.2) is 14.6 Å². The zero-order valence-corrected chi connectivity index (χ0v) is 17.3. The lowest BCUT2D eigenvalue weighted by molar-refractivity contribution is 0.0697. The molecule has 2 amide bonds. The number of rotatable bonds is 6. The number of aromatic carboxylic acids is 1. The van der Waals surface area contributed by atoms with Crippen LogP contribution in [0.4, 0.5) is 22.0 Å². The molecule has 0 atom stereocenters. The summed E-state index contributed by atoms with van der Waals surface area (Å²) in [5.74, 6) is -0.571. The van der Waals surface area contributed by atoms with Gasteiger partial charge >= 0.3 is 12.0 Å². The maximum atomic E-state index is 12.0. The van der Waals surface area contributed by atoms with E-state index in [1.807, 2.05) is 37.3 Å². The topological polar surface area (TPSA) is 116 Å². The van der Waals surface area contributed by atoms with Gasteiger partial charge in [0, 0.05) is 41.9 Å². The lowest BCUT2D eigenvalue weighted by Gasteiger charge is -2.15. The van der Waals surface area contributed by atoms with Crippen LogP contribution >= 0.6 is 0 Å². The molecular weight excluding hydrogens is 406 g/mol. The molecule has 4 rings (SSSR count). The molecule has 0 saturated carbocycles. The summed E-state index contributed by atoms with van der Waals surface area (Å²) >= 11 is 0. The molecule has 4 aromatic rings. The van der Waals surface area contributed by atoms with E-state index in [9.17, 15) is 14.7 Å². The first kappa shape index (κ1) is 20.8. The lowest BCUT2D eigenvalue weighted by Crippen LogP contribution is -2.28. The van der Waals surface area contributed by atoms with E-state index in [0.717, 1.165) is 27.6 Å². The molecule has 2 aromatic carbocycles. The number of hydrogen-bond acceptors (Lipinski definition) is 5. The Morgan fingerprint density at radius 2 is 1.81 bits per heavy atom. The van der Waals surface area contributed by atoms with Crippen LogP contribution in [0.15, 0.2) is 73.2 Å². The molecule has 0 radical (unpaired) electrons. The fourth-order valence-electron chi connectivity index (χ4n) is 3.41. The number of nitrogens with zero attached hydrogens (tertiary/aromatic N) is 2. The second-order valence-corrected chi connectivity index (χ2v) is 7.01. The molecule has 0 bridgehead atoms. The van der Waals surface area contributed by atoms with E-state index in [1.54, 1.807) is 42.9 Å². The fourth-order valence-corrected chi connectivity index (χ4v) is 3.41. The van der Waals surface area contributed by atoms with Crippen LogP contribution in [0.5, 0.6) is 0 Å². The van der Waals surface area contributed by atoms with E-state index in [-0.39, 0.29) is 11.6 Å². The predicted octanol–water partition coefficient (Wildman–Crippen LogP) is 4.88. The van der Waals surface area contributed by atoms with E-state index in [1.165, 1.54) is 0 Å². The van der Waals surface area contributed by atoms with E-state index in [2.05, 4.69) is 25.9 Å². The third-order valence-corrected chi connectivity index (χ3v) is 4.86. The molecule has 0 unspecified atom stereocenters. The number of anilines is 3. The van der Waals surface area contributed by atoms with Crippen LogP contribution in [0.2, 0.25) is 0 Å². The molecular formula is C24H21N5O3. The monoisotopic (exact) mass is 427 g/mol. The average molecular weight is 427 g/mol. The van der Waals surface area contributed by atoms with Crippen LogP contribution in [-0.2, 0) is 0 Å². The summed E-state index contributed by atoms with van der Waals surface area (Å²) in [4.78, 5) is 31.8. The standard InChI is InChI=1S/C24H21N5O3/c1-2-26-24(32)29-22-13-19-18(15-8-10-25-11-9-15)6-7-21(20(19)14-27-22)28-17-5-3-4-16(12-17)23(30)31/h3-14,28H,2H2,1H3,(H,30,31)(H2,26,27,29,32). The van der Waals surface area contributed by atoms with Gasteiger partial charge in [-0.15, -0.1) is 0 Å². The van der Waals surface area contributed by atoms with Gasteiger partial charge in [-0.2, -0.15) is 0 Å². The highest BCUT2D eigenvalue weighted by Gasteiger charge is 2.12. The van der Waals surface area contributed by atoms with Crippen molar-refractivity contribution in [3.63, 3.8) is 0 Å². The summed E-state index contributed by atoms with van der Waals surface area (Å²) in [7, 11) is 0. The van der Waals surface area contributed by atoms with Crippen molar-refractivity contribution >= 4 is 40.0 Å². The molecule has 0 fully saturated rings. The van der Waals surface area contributed by atoms with Crippen LogP contribution in [0, 0.1) is 0 Å². The summed E-state index contributed by atoms with van der Waals surface area (Å²) < 4.78 is 0. The van der Waals surface area contributed by atoms with Gasteiger partial charge in [-0.05, 0) is 65.9 Å². The zero-order valence-electron chi connectivity index (χ0n) is 17.3. The number of aromatic nitrogens is 2. The zero-order chi connectivity index (χ0) is 22.5. The van der Waals surface area contributed by atoms with Crippen molar-refractivity contribution in [3.8, 4) is 11.1 Å². The van der Waals surface area contributed by atoms with Crippen LogP contribution in [0.3, 0.4) is 0 Å². The number of carboxylic acid groups (broad SMARTS) is 1. The van der Waals surface area contributed by atoms with Gasteiger partial charge in [0.25, 0.3) is 0 Å². The first-order valence-electron chi connectivity index (χ1n) is 10.0. The normalized spacial score (nSPS) is 10.5. The summed E-state index contributed by atoms with van der Waals surface area (Å²) in [5, 5.41) is 19.7. The fraction of sp³-hybridized carbons (Fsp3) is 0.0833. The number of nitrogens with one attached hydrogen (secondary N) is 3. The Bertz CT molecular complexity index is 1290. The Morgan fingerprint density at radius 1 is 1.00 bits per heavy atom. The number of fused-ring (bicyclic) bond motifs is 1. The molecule has 4 N–H and O–H groups in total. The minimum absolute atomic E-state index is 0.194. The quantitative estimate of drug-likeness (QED) is 0.348. The molecule has 160 valence electrons. The van der Waals surface area contributed by atoms with Gasteiger partial charge in [-0.1, -0.05) is 12.1 Å². The summed E-state index contributed by atoms with van der Waals surface area (Å²) in [5.41, 5.74) is 3.53. The molecule has 0 aliphatic rings. The smallest absolute Gasteiger partial charge is 0.335 e. The summed E-state index contributed by atoms with van der Waals surface area (Å²) in [6, 6.07) is 15.8. The van der Waals surface area contributed by atoms with Gasteiger partial charge in [0.05, 0.1) is 5.56 Å². The van der Waals surface area contributed by atoms with Gasteiger partial charge in [0.2, 0.25) is 0 Å². The van der Waals surface area contributed by atoms with Crippen LogP contribution in [-0.4, -0.2) is 33.6 Å². The van der Waals surface area contributed by atoms with E-state index >= 15 is 0 Å². The molecule has 32 heavy (non-hydrogen) atoms. The molecule has 0 aliphatic heterocycles. The highest BCUT2D eigenvalue weighted by Crippen LogP contribution is 2.35. The first-order valence-corrected chi connectivity index (χ1v) is 10.0. The Morgan fingerprint density at radius 3 is 2.56 bits per heavy atom. The number of pyridine rings is 2. The number of urea groups is 1.